The molecule has 0 aromatic carbocycles. The number of alkyl halides is 2. The predicted octanol–water partition coefficient (Wildman–Crippen LogP) is 0.319. The second-order valence-corrected chi connectivity index (χ2v) is 4.96. The summed E-state index contributed by atoms with van der Waals surface area (Å²) in [5.41, 5.74) is 5.60. The maximum atomic E-state index is 12.8. The Morgan fingerprint density at radius 2 is 2.15 bits per heavy atom. The molecule has 1 aromatic rings. The Bertz CT molecular complexity index is 463. The summed E-state index contributed by atoms with van der Waals surface area (Å²) in [4.78, 5) is 14.0. The molecule has 0 spiro atoms. The number of nitrogens with two attached hydrogens (primary N) is 1. The summed E-state index contributed by atoms with van der Waals surface area (Å²) in [7, 11) is 1.90. The van der Waals surface area contributed by atoms with Crippen LogP contribution in [-0.2, 0) is 0 Å². The van der Waals surface area contributed by atoms with E-state index >= 15 is 0 Å². The molecule has 1 aliphatic rings. The van der Waals surface area contributed by atoms with Crippen LogP contribution < -0.4 is 21.3 Å². The van der Waals surface area contributed by atoms with Crippen molar-refractivity contribution in [3.63, 3.8) is 0 Å². The van der Waals surface area contributed by atoms with Gasteiger partial charge in [0.2, 0.25) is 17.8 Å². The number of hydrogen-bond acceptors (Lipinski definition) is 7. The molecule has 0 amide bonds. The van der Waals surface area contributed by atoms with Crippen LogP contribution in [0, 0.1) is 0 Å². The number of rotatable bonds is 5. The summed E-state index contributed by atoms with van der Waals surface area (Å²) in [6.45, 7) is 1.82. The van der Waals surface area contributed by atoms with Gasteiger partial charge < -0.3 is 21.3 Å². The second kappa shape index (κ2) is 5.70. The Labute approximate surface area is 116 Å². The van der Waals surface area contributed by atoms with Gasteiger partial charge in [-0.1, -0.05) is 0 Å². The molecule has 0 saturated carbocycles. The Hall–Kier alpha value is -1.77. The van der Waals surface area contributed by atoms with E-state index in [2.05, 4.69) is 25.6 Å². The van der Waals surface area contributed by atoms with Gasteiger partial charge in [-0.25, -0.2) is 8.78 Å². The van der Waals surface area contributed by atoms with Gasteiger partial charge in [0.25, 0.3) is 5.92 Å². The Morgan fingerprint density at radius 1 is 1.40 bits per heavy atom. The maximum absolute atomic E-state index is 12.8. The molecular formula is C11H19F2N7. The Morgan fingerprint density at radius 3 is 2.75 bits per heavy atom. The molecule has 2 rings (SSSR count). The van der Waals surface area contributed by atoms with Crippen LogP contribution in [0.4, 0.5) is 26.6 Å². The minimum atomic E-state index is -2.84. The van der Waals surface area contributed by atoms with Crippen LogP contribution in [0.1, 0.15) is 13.3 Å². The maximum Gasteiger partial charge on any atom is 0.262 e. The van der Waals surface area contributed by atoms with Gasteiger partial charge in [-0.2, -0.15) is 15.0 Å². The highest BCUT2D eigenvalue weighted by molar-refractivity contribution is 5.43. The van der Waals surface area contributed by atoms with E-state index < -0.39 is 12.5 Å². The van der Waals surface area contributed by atoms with E-state index in [9.17, 15) is 8.78 Å². The molecule has 2 heterocycles. The lowest BCUT2D eigenvalue weighted by Crippen LogP contribution is -2.31. The lowest BCUT2D eigenvalue weighted by Gasteiger charge is -2.17. The van der Waals surface area contributed by atoms with Gasteiger partial charge >= 0.3 is 0 Å². The predicted molar refractivity (Wildman–Crippen MR) is 73.0 cm³/mol. The summed E-state index contributed by atoms with van der Waals surface area (Å²) < 4.78 is 25.6. The molecule has 1 saturated heterocycles. The summed E-state index contributed by atoms with van der Waals surface area (Å²) in [5, 5.41) is 5.66. The number of likely N-dealkylation sites (N-methyl/N-ethyl adjacent to an activating group) is 1. The standard InChI is InChI=1S/C11H19F2N7/c1-11(12,13)6-16-9-17-8(14)18-10(19-9)20-4-3-7(5-20)15-2/h7,15H,3-6H2,1-2H3,(H3,14,16,17,18,19)/t7-/m1/s1. The van der Waals surface area contributed by atoms with E-state index in [1.807, 2.05) is 11.9 Å². The van der Waals surface area contributed by atoms with Crippen LogP contribution in [0.2, 0.25) is 0 Å². The summed E-state index contributed by atoms with van der Waals surface area (Å²) in [5.74, 6) is -2.34. The Balaban J connectivity index is 2.09. The van der Waals surface area contributed by atoms with Crippen LogP contribution in [0.3, 0.4) is 0 Å². The van der Waals surface area contributed by atoms with Crippen molar-refractivity contribution in [2.75, 3.05) is 42.6 Å². The van der Waals surface area contributed by atoms with Gasteiger partial charge in [-0.05, 0) is 13.5 Å². The smallest absolute Gasteiger partial charge is 0.262 e. The summed E-state index contributed by atoms with van der Waals surface area (Å²) in [6, 6.07) is 0.365. The topological polar surface area (TPSA) is 92.0 Å². The lowest BCUT2D eigenvalue weighted by atomic mass is 10.3. The fraction of sp³-hybridized carbons (Fsp3) is 0.727. The number of nitrogen functional groups attached to an aromatic ring is 1. The number of nitrogens with one attached hydrogen (secondary N) is 2. The zero-order chi connectivity index (χ0) is 14.8. The molecule has 0 unspecified atom stereocenters. The van der Waals surface area contributed by atoms with Crippen LogP contribution in [0.5, 0.6) is 0 Å². The van der Waals surface area contributed by atoms with Crippen molar-refractivity contribution in [2.24, 2.45) is 0 Å². The molecule has 0 bridgehead atoms. The quantitative estimate of drug-likeness (QED) is 0.718. The Kier molecular flexibility index (Phi) is 4.17. The van der Waals surface area contributed by atoms with Crippen molar-refractivity contribution in [3.05, 3.63) is 0 Å². The molecule has 0 aliphatic carbocycles. The first-order chi connectivity index (χ1) is 9.37. The van der Waals surface area contributed by atoms with Crippen LogP contribution in [-0.4, -0.2) is 53.6 Å². The second-order valence-electron chi connectivity index (χ2n) is 4.96. The summed E-state index contributed by atoms with van der Waals surface area (Å²) >= 11 is 0. The highest BCUT2D eigenvalue weighted by Crippen LogP contribution is 2.19. The van der Waals surface area contributed by atoms with Crippen molar-refractivity contribution in [1.82, 2.24) is 20.3 Å². The molecule has 1 fully saturated rings. The molecule has 20 heavy (non-hydrogen) atoms. The fourth-order valence-electron chi connectivity index (χ4n) is 2.01. The monoisotopic (exact) mass is 287 g/mol. The van der Waals surface area contributed by atoms with E-state index in [1.54, 1.807) is 0 Å². The van der Waals surface area contributed by atoms with Crippen LogP contribution in [0.25, 0.3) is 0 Å². The number of nitrogens with zero attached hydrogens (tertiary/aromatic N) is 4. The van der Waals surface area contributed by atoms with Crippen molar-refractivity contribution >= 4 is 17.8 Å². The van der Waals surface area contributed by atoms with E-state index in [4.69, 9.17) is 5.73 Å². The van der Waals surface area contributed by atoms with E-state index in [1.165, 1.54) is 0 Å². The minimum Gasteiger partial charge on any atom is -0.368 e. The molecule has 1 aliphatic heterocycles. The minimum absolute atomic E-state index is 0.0184. The van der Waals surface area contributed by atoms with E-state index in [0.717, 1.165) is 26.4 Å². The number of anilines is 3. The highest BCUT2D eigenvalue weighted by atomic mass is 19.3. The SMILES string of the molecule is CN[C@@H]1CCN(c2nc(N)nc(NCC(C)(F)F)n2)C1. The molecular weight excluding hydrogens is 268 g/mol. The van der Waals surface area contributed by atoms with Gasteiger partial charge in [0.1, 0.15) is 0 Å². The van der Waals surface area contributed by atoms with Crippen LogP contribution in [0.15, 0.2) is 0 Å². The number of aromatic nitrogens is 3. The number of hydrogen-bond donors (Lipinski definition) is 3. The van der Waals surface area contributed by atoms with Gasteiger partial charge in [0.15, 0.2) is 0 Å². The number of halogens is 2. The fourth-order valence-corrected chi connectivity index (χ4v) is 2.01. The van der Waals surface area contributed by atoms with Crippen molar-refractivity contribution in [1.29, 1.82) is 0 Å². The molecule has 4 N–H and O–H groups in total. The summed E-state index contributed by atoms with van der Waals surface area (Å²) in [6.07, 6.45) is 0.970. The largest absolute Gasteiger partial charge is 0.368 e. The van der Waals surface area contributed by atoms with Crippen LogP contribution >= 0.6 is 0 Å². The molecule has 7 nitrogen and oxygen atoms in total. The first-order valence-electron chi connectivity index (χ1n) is 6.43. The van der Waals surface area contributed by atoms with Crippen molar-refractivity contribution in [3.8, 4) is 0 Å². The van der Waals surface area contributed by atoms with Crippen molar-refractivity contribution in [2.45, 2.75) is 25.3 Å². The molecule has 1 atom stereocenters. The van der Waals surface area contributed by atoms with E-state index in [0.29, 0.717) is 12.0 Å². The third kappa shape index (κ3) is 3.86. The average molecular weight is 287 g/mol. The van der Waals surface area contributed by atoms with Gasteiger partial charge in [0.05, 0.1) is 6.54 Å². The first-order valence-corrected chi connectivity index (χ1v) is 6.43. The molecule has 9 heteroatoms. The van der Waals surface area contributed by atoms with Gasteiger partial charge in [-0.3, -0.25) is 0 Å². The highest BCUT2D eigenvalue weighted by Gasteiger charge is 2.25. The molecule has 0 radical (unpaired) electrons. The molecule has 112 valence electrons. The van der Waals surface area contributed by atoms with E-state index in [-0.39, 0.29) is 11.9 Å². The zero-order valence-corrected chi connectivity index (χ0v) is 11.5. The third-order valence-corrected chi connectivity index (χ3v) is 3.08. The average Bonchev–Trinajstić information content (AvgIpc) is 2.84. The van der Waals surface area contributed by atoms with Gasteiger partial charge in [0, 0.05) is 26.1 Å². The lowest BCUT2D eigenvalue weighted by molar-refractivity contribution is 0.0366. The molecule has 1 aromatic heterocycles. The van der Waals surface area contributed by atoms with Gasteiger partial charge in [-0.15, -0.1) is 0 Å². The zero-order valence-electron chi connectivity index (χ0n) is 11.5. The van der Waals surface area contributed by atoms with Crippen molar-refractivity contribution < 1.29 is 8.78 Å². The third-order valence-electron chi connectivity index (χ3n) is 3.08. The normalized spacial score (nSPS) is 19.4. The first kappa shape index (κ1) is 14.6.